The average molecular weight is 423 g/mol. The maximum absolute atomic E-state index is 13.9. The quantitative estimate of drug-likeness (QED) is 0.551. The summed E-state index contributed by atoms with van der Waals surface area (Å²) in [6, 6.07) is 10.3. The van der Waals surface area contributed by atoms with Crippen molar-refractivity contribution in [2.75, 3.05) is 0 Å². The van der Waals surface area contributed by atoms with E-state index in [4.69, 9.17) is 17.4 Å². The van der Waals surface area contributed by atoms with Crippen molar-refractivity contribution in [3.63, 3.8) is 0 Å². The van der Waals surface area contributed by atoms with E-state index in [9.17, 15) is 4.39 Å². The van der Waals surface area contributed by atoms with Crippen LogP contribution in [0.4, 0.5) is 4.39 Å². The number of hydrogen-bond donors (Lipinski definition) is 2. The van der Waals surface area contributed by atoms with Crippen molar-refractivity contribution in [3.05, 3.63) is 67.3 Å². The maximum atomic E-state index is 13.9. The number of rotatable bonds is 4. The summed E-state index contributed by atoms with van der Waals surface area (Å²) in [5, 5.41) is 0.583. The lowest BCUT2D eigenvalue weighted by atomic mass is 9.99. The molecule has 1 unspecified atom stereocenters. The Morgan fingerprint density at radius 3 is 2.40 bits per heavy atom. The molecule has 0 aliphatic heterocycles. The summed E-state index contributed by atoms with van der Waals surface area (Å²) in [7, 11) is 0. The third-order valence-electron chi connectivity index (χ3n) is 2.98. The zero-order chi connectivity index (χ0) is 14.7. The van der Waals surface area contributed by atoms with Crippen LogP contribution < -0.4 is 11.3 Å². The largest absolute Gasteiger partial charge is 0.271 e. The molecule has 20 heavy (non-hydrogen) atoms. The Bertz CT molecular complexity index is 622. The molecule has 0 aromatic heterocycles. The molecule has 0 aliphatic carbocycles. The lowest BCUT2D eigenvalue weighted by molar-refractivity contribution is 0.529. The first kappa shape index (κ1) is 15.9. The second-order valence-corrected chi connectivity index (χ2v) is 6.56. The molecule has 0 saturated carbocycles. The van der Waals surface area contributed by atoms with Gasteiger partial charge in [-0.2, -0.15) is 0 Å². The highest BCUT2D eigenvalue weighted by Crippen LogP contribution is 2.29. The van der Waals surface area contributed by atoms with Crippen LogP contribution in [0.2, 0.25) is 5.02 Å². The molecule has 1 atom stereocenters. The minimum absolute atomic E-state index is 0.258. The average Bonchev–Trinajstić information content (AvgIpc) is 2.39. The van der Waals surface area contributed by atoms with Gasteiger partial charge in [-0.05, 0) is 41.8 Å². The van der Waals surface area contributed by atoms with Crippen molar-refractivity contribution in [2.24, 2.45) is 5.84 Å². The van der Waals surface area contributed by atoms with Gasteiger partial charge in [0, 0.05) is 14.0 Å². The van der Waals surface area contributed by atoms with Crippen LogP contribution in [0.25, 0.3) is 0 Å². The lowest BCUT2D eigenvalue weighted by Crippen LogP contribution is -2.30. The highest BCUT2D eigenvalue weighted by molar-refractivity contribution is 9.10. The molecule has 2 rings (SSSR count). The van der Waals surface area contributed by atoms with Crippen LogP contribution in [0.15, 0.2) is 45.3 Å². The van der Waals surface area contributed by atoms with Crippen molar-refractivity contribution in [2.45, 2.75) is 12.5 Å². The summed E-state index contributed by atoms with van der Waals surface area (Å²) in [5.41, 5.74) is 4.10. The molecule has 2 aromatic carbocycles. The van der Waals surface area contributed by atoms with E-state index in [1.54, 1.807) is 18.2 Å². The van der Waals surface area contributed by atoms with Crippen molar-refractivity contribution in [3.8, 4) is 0 Å². The van der Waals surface area contributed by atoms with Crippen molar-refractivity contribution >= 4 is 43.5 Å². The number of halogens is 4. The number of hydrazine groups is 1. The Morgan fingerprint density at radius 1 is 1.15 bits per heavy atom. The topological polar surface area (TPSA) is 38.0 Å². The minimum atomic E-state index is -0.271. The van der Waals surface area contributed by atoms with Gasteiger partial charge in [0.25, 0.3) is 0 Å². The number of nitrogens with one attached hydrogen (secondary N) is 1. The summed E-state index contributed by atoms with van der Waals surface area (Å²) >= 11 is 12.8. The van der Waals surface area contributed by atoms with Gasteiger partial charge >= 0.3 is 0 Å². The molecular weight excluding hydrogens is 410 g/mol. The van der Waals surface area contributed by atoms with Crippen LogP contribution >= 0.6 is 43.5 Å². The molecule has 2 aromatic rings. The zero-order valence-electron chi connectivity index (χ0n) is 10.3. The Balaban J connectivity index is 2.28. The summed E-state index contributed by atoms with van der Waals surface area (Å²) in [6.07, 6.45) is 0.414. The van der Waals surface area contributed by atoms with E-state index in [0.717, 1.165) is 10.0 Å². The fraction of sp³-hybridized carbons (Fsp3) is 0.143. The monoisotopic (exact) mass is 420 g/mol. The number of nitrogens with two attached hydrogens (primary N) is 1. The van der Waals surface area contributed by atoms with Crippen LogP contribution in [0.1, 0.15) is 17.2 Å². The van der Waals surface area contributed by atoms with Gasteiger partial charge in [0.1, 0.15) is 5.82 Å². The predicted molar refractivity (Wildman–Crippen MR) is 87.0 cm³/mol. The molecule has 2 nitrogen and oxygen atoms in total. The molecule has 0 bridgehead atoms. The zero-order valence-corrected chi connectivity index (χ0v) is 14.3. The second kappa shape index (κ2) is 7.00. The van der Waals surface area contributed by atoms with Crippen molar-refractivity contribution in [1.29, 1.82) is 0 Å². The Labute approximate surface area is 138 Å². The van der Waals surface area contributed by atoms with Gasteiger partial charge in [0.15, 0.2) is 0 Å². The minimum Gasteiger partial charge on any atom is -0.271 e. The van der Waals surface area contributed by atoms with E-state index in [1.165, 1.54) is 6.07 Å². The fourth-order valence-corrected chi connectivity index (χ4v) is 3.09. The van der Waals surface area contributed by atoms with Gasteiger partial charge in [0.2, 0.25) is 0 Å². The first-order valence-corrected chi connectivity index (χ1v) is 7.82. The molecule has 0 heterocycles. The molecule has 0 spiro atoms. The summed E-state index contributed by atoms with van der Waals surface area (Å²) < 4.78 is 15.5. The van der Waals surface area contributed by atoms with E-state index >= 15 is 0 Å². The highest BCUT2D eigenvalue weighted by atomic mass is 79.9. The Kier molecular flexibility index (Phi) is 5.57. The van der Waals surface area contributed by atoms with Gasteiger partial charge in [-0.15, -0.1) is 0 Å². The van der Waals surface area contributed by atoms with Crippen LogP contribution in [0, 0.1) is 5.82 Å². The van der Waals surface area contributed by atoms with Gasteiger partial charge in [0.05, 0.1) is 6.04 Å². The smallest absolute Gasteiger partial charge is 0.127 e. The summed E-state index contributed by atoms with van der Waals surface area (Å²) in [6.45, 7) is 0. The van der Waals surface area contributed by atoms with E-state index < -0.39 is 0 Å². The molecule has 0 fully saturated rings. The third-order valence-corrected chi connectivity index (χ3v) is 4.29. The van der Waals surface area contributed by atoms with Gasteiger partial charge < -0.3 is 0 Å². The van der Waals surface area contributed by atoms with Crippen molar-refractivity contribution in [1.82, 2.24) is 5.43 Å². The molecule has 0 radical (unpaired) electrons. The summed E-state index contributed by atoms with van der Waals surface area (Å²) in [5.74, 6) is 5.32. The standard InChI is InChI=1S/C14H12Br2ClFN2/c15-9-3-4-11(12(17)6-9)14(20-19)5-8-1-2-10(16)7-13(8)18/h1-4,6-7,14,20H,5,19H2. The predicted octanol–water partition coefficient (Wildman–Crippen LogP) is 4.75. The lowest BCUT2D eigenvalue weighted by Gasteiger charge is -2.18. The van der Waals surface area contributed by atoms with Crippen LogP contribution in [-0.4, -0.2) is 0 Å². The van der Waals surface area contributed by atoms with E-state index in [-0.39, 0.29) is 11.9 Å². The first-order valence-electron chi connectivity index (χ1n) is 5.86. The fourth-order valence-electron chi connectivity index (χ4n) is 1.95. The molecule has 0 aliphatic rings. The van der Waals surface area contributed by atoms with E-state index in [1.807, 2.05) is 12.1 Å². The Hall–Kier alpha value is -0.460. The molecular formula is C14H12Br2ClFN2. The SMILES string of the molecule is NNC(Cc1ccc(Br)cc1F)c1ccc(Br)cc1Cl. The number of benzene rings is 2. The summed E-state index contributed by atoms with van der Waals surface area (Å²) in [4.78, 5) is 0. The van der Waals surface area contributed by atoms with E-state index in [0.29, 0.717) is 21.5 Å². The number of hydrogen-bond acceptors (Lipinski definition) is 2. The van der Waals surface area contributed by atoms with Crippen LogP contribution in [0.3, 0.4) is 0 Å². The van der Waals surface area contributed by atoms with Crippen molar-refractivity contribution < 1.29 is 4.39 Å². The van der Waals surface area contributed by atoms with Gasteiger partial charge in [-0.1, -0.05) is 55.6 Å². The van der Waals surface area contributed by atoms with Crippen LogP contribution in [-0.2, 0) is 6.42 Å². The van der Waals surface area contributed by atoms with Crippen LogP contribution in [0.5, 0.6) is 0 Å². The second-order valence-electron chi connectivity index (χ2n) is 4.32. The first-order chi connectivity index (χ1) is 9.51. The molecule has 106 valence electrons. The molecule has 0 saturated heterocycles. The maximum Gasteiger partial charge on any atom is 0.127 e. The molecule has 3 N–H and O–H groups in total. The van der Waals surface area contributed by atoms with Gasteiger partial charge in [-0.3, -0.25) is 11.3 Å². The van der Waals surface area contributed by atoms with Gasteiger partial charge in [-0.25, -0.2) is 4.39 Å². The highest BCUT2D eigenvalue weighted by Gasteiger charge is 2.16. The normalized spacial score (nSPS) is 12.4. The Morgan fingerprint density at radius 2 is 1.80 bits per heavy atom. The van der Waals surface area contributed by atoms with E-state index in [2.05, 4.69) is 37.3 Å². The molecule has 0 amide bonds. The third kappa shape index (κ3) is 3.80. The molecule has 6 heteroatoms.